The first-order valence-electron chi connectivity index (χ1n) is 7.17. The SMILES string of the molecule is CCn1c(CCc2ccc(N)cc2)nc2cccc(Cl)c21. The van der Waals surface area contributed by atoms with Gasteiger partial charge in [0.1, 0.15) is 5.82 Å². The Balaban J connectivity index is 1.90. The molecule has 1 aromatic heterocycles. The molecule has 3 aromatic rings. The number of benzene rings is 2. The predicted octanol–water partition coefficient (Wildman–Crippen LogP) is 4.08. The molecule has 0 atom stereocenters. The minimum absolute atomic E-state index is 0.764. The topological polar surface area (TPSA) is 43.8 Å². The Morgan fingerprint density at radius 1 is 1.10 bits per heavy atom. The minimum atomic E-state index is 0.764. The molecule has 21 heavy (non-hydrogen) atoms. The van der Waals surface area contributed by atoms with E-state index in [1.807, 2.05) is 30.3 Å². The second kappa shape index (κ2) is 5.78. The number of aryl methyl sites for hydroxylation is 3. The third-order valence-electron chi connectivity index (χ3n) is 3.73. The van der Waals surface area contributed by atoms with Gasteiger partial charge in [-0.2, -0.15) is 0 Å². The molecule has 0 aliphatic carbocycles. The Morgan fingerprint density at radius 3 is 2.57 bits per heavy atom. The van der Waals surface area contributed by atoms with E-state index in [0.717, 1.165) is 47.0 Å². The number of imidazole rings is 1. The van der Waals surface area contributed by atoms with Crippen molar-refractivity contribution in [3.8, 4) is 0 Å². The zero-order valence-electron chi connectivity index (χ0n) is 12.0. The quantitative estimate of drug-likeness (QED) is 0.738. The van der Waals surface area contributed by atoms with Crippen molar-refractivity contribution >= 4 is 28.3 Å². The number of hydrogen-bond donors (Lipinski definition) is 1. The average molecular weight is 300 g/mol. The molecule has 0 amide bonds. The van der Waals surface area contributed by atoms with Crippen molar-refractivity contribution < 1.29 is 0 Å². The summed E-state index contributed by atoms with van der Waals surface area (Å²) in [5.74, 6) is 1.08. The number of hydrogen-bond acceptors (Lipinski definition) is 2. The van der Waals surface area contributed by atoms with Crippen molar-refractivity contribution in [3.63, 3.8) is 0 Å². The largest absolute Gasteiger partial charge is 0.399 e. The van der Waals surface area contributed by atoms with Gasteiger partial charge in [0.2, 0.25) is 0 Å². The molecule has 0 fully saturated rings. The summed E-state index contributed by atoms with van der Waals surface area (Å²) in [5.41, 5.74) is 9.79. The first-order chi connectivity index (χ1) is 10.2. The van der Waals surface area contributed by atoms with Crippen LogP contribution in [0.5, 0.6) is 0 Å². The minimum Gasteiger partial charge on any atom is -0.399 e. The second-order valence-corrected chi connectivity index (χ2v) is 5.53. The lowest BCUT2D eigenvalue weighted by molar-refractivity contribution is 0.707. The van der Waals surface area contributed by atoms with Crippen molar-refractivity contribution in [1.29, 1.82) is 0 Å². The Bertz CT molecular complexity index is 760. The third-order valence-corrected chi connectivity index (χ3v) is 4.03. The summed E-state index contributed by atoms with van der Waals surface area (Å²) >= 11 is 6.31. The molecule has 0 unspecified atom stereocenters. The van der Waals surface area contributed by atoms with Crippen molar-refractivity contribution in [3.05, 3.63) is 58.9 Å². The highest BCUT2D eigenvalue weighted by molar-refractivity contribution is 6.35. The summed E-state index contributed by atoms with van der Waals surface area (Å²) in [6, 6.07) is 13.9. The lowest BCUT2D eigenvalue weighted by Crippen LogP contribution is -2.04. The van der Waals surface area contributed by atoms with Gasteiger partial charge in [0.25, 0.3) is 0 Å². The molecule has 108 valence electrons. The molecule has 1 heterocycles. The lowest BCUT2D eigenvalue weighted by atomic mass is 10.1. The van der Waals surface area contributed by atoms with Gasteiger partial charge in [0, 0.05) is 18.7 Å². The van der Waals surface area contributed by atoms with Crippen molar-refractivity contribution in [1.82, 2.24) is 9.55 Å². The molecule has 4 heteroatoms. The molecule has 0 aliphatic heterocycles. The summed E-state index contributed by atoms with van der Waals surface area (Å²) in [7, 11) is 0. The Morgan fingerprint density at radius 2 is 1.86 bits per heavy atom. The standard InChI is InChI=1S/C17H18ClN3/c1-2-21-16(11-8-12-6-9-13(19)10-7-12)20-15-5-3-4-14(18)17(15)21/h3-7,9-10H,2,8,11,19H2,1H3. The fourth-order valence-electron chi connectivity index (χ4n) is 2.66. The van der Waals surface area contributed by atoms with E-state index in [2.05, 4.69) is 23.6 Å². The van der Waals surface area contributed by atoms with Crippen LogP contribution in [0.2, 0.25) is 5.02 Å². The Hall–Kier alpha value is -2.00. The first-order valence-corrected chi connectivity index (χ1v) is 7.55. The number of halogens is 1. The Labute approximate surface area is 129 Å². The zero-order chi connectivity index (χ0) is 14.8. The average Bonchev–Trinajstić information content (AvgIpc) is 2.85. The smallest absolute Gasteiger partial charge is 0.110 e. The van der Waals surface area contributed by atoms with E-state index in [4.69, 9.17) is 22.3 Å². The van der Waals surface area contributed by atoms with E-state index in [1.54, 1.807) is 0 Å². The van der Waals surface area contributed by atoms with Gasteiger partial charge in [-0.1, -0.05) is 29.8 Å². The van der Waals surface area contributed by atoms with Crippen LogP contribution in [0.3, 0.4) is 0 Å². The number of nitrogen functional groups attached to an aromatic ring is 1. The van der Waals surface area contributed by atoms with Crippen LogP contribution in [0.1, 0.15) is 18.3 Å². The summed E-state index contributed by atoms with van der Waals surface area (Å²) in [6.45, 7) is 2.99. The molecule has 0 aliphatic rings. The molecule has 0 saturated heterocycles. The van der Waals surface area contributed by atoms with Crippen molar-refractivity contribution in [2.45, 2.75) is 26.3 Å². The van der Waals surface area contributed by atoms with Crippen LogP contribution in [0.25, 0.3) is 11.0 Å². The van der Waals surface area contributed by atoms with Crippen molar-refractivity contribution in [2.24, 2.45) is 0 Å². The number of fused-ring (bicyclic) bond motifs is 1. The highest BCUT2D eigenvalue weighted by atomic mass is 35.5. The van der Waals surface area contributed by atoms with E-state index >= 15 is 0 Å². The normalized spacial score (nSPS) is 11.1. The predicted molar refractivity (Wildman–Crippen MR) is 88.7 cm³/mol. The number of para-hydroxylation sites is 1. The maximum atomic E-state index is 6.31. The van der Waals surface area contributed by atoms with Gasteiger partial charge in [-0.25, -0.2) is 4.98 Å². The second-order valence-electron chi connectivity index (χ2n) is 5.12. The monoisotopic (exact) mass is 299 g/mol. The molecule has 0 bridgehead atoms. The molecule has 0 saturated carbocycles. The van der Waals surface area contributed by atoms with Gasteiger partial charge in [0.05, 0.1) is 16.1 Å². The molecule has 2 aromatic carbocycles. The lowest BCUT2D eigenvalue weighted by Gasteiger charge is -2.07. The molecular weight excluding hydrogens is 282 g/mol. The highest BCUT2D eigenvalue weighted by Gasteiger charge is 2.12. The van der Waals surface area contributed by atoms with Crippen LogP contribution < -0.4 is 5.73 Å². The Kier molecular flexibility index (Phi) is 3.84. The number of rotatable bonds is 4. The summed E-state index contributed by atoms with van der Waals surface area (Å²) in [4.78, 5) is 4.73. The van der Waals surface area contributed by atoms with E-state index in [9.17, 15) is 0 Å². The van der Waals surface area contributed by atoms with Crippen LogP contribution in [-0.2, 0) is 19.4 Å². The molecule has 0 spiro atoms. The maximum absolute atomic E-state index is 6.31. The maximum Gasteiger partial charge on any atom is 0.110 e. The summed E-state index contributed by atoms with van der Waals surface area (Å²) < 4.78 is 2.20. The van der Waals surface area contributed by atoms with Crippen LogP contribution in [0.4, 0.5) is 5.69 Å². The molecule has 2 N–H and O–H groups in total. The fraction of sp³-hybridized carbons (Fsp3) is 0.235. The van der Waals surface area contributed by atoms with Gasteiger partial charge >= 0.3 is 0 Å². The van der Waals surface area contributed by atoms with Gasteiger partial charge in [-0.3, -0.25) is 0 Å². The van der Waals surface area contributed by atoms with Crippen LogP contribution >= 0.6 is 11.6 Å². The van der Waals surface area contributed by atoms with E-state index in [1.165, 1.54) is 5.56 Å². The van der Waals surface area contributed by atoms with Crippen molar-refractivity contribution in [2.75, 3.05) is 5.73 Å². The van der Waals surface area contributed by atoms with Gasteiger partial charge < -0.3 is 10.3 Å². The van der Waals surface area contributed by atoms with Gasteiger partial charge in [-0.15, -0.1) is 0 Å². The number of aromatic nitrogens is 2. The molecule has 3 nitrogen and oxygen atoms in total. The fourth-order valence-corrected chi connectivity index (χ4v) is 2.93. The molecule has 0 radical (unpaired) electrons. The van der Waals surface area contributed by atoms with Crippen LogP contribution in [0, 0.1) is 0 Å². The highest BCUT2D eigenvalue weighted by Crippen LogP contribution is 2.25. The van der Waals surface area contributed by atoms with Gasteiger partial charge in [0.15, 0.2) is 0 Å². The summed E-state index contributed by atoms with van der Waals surface area (Å²) in [6.07, 6.45) is 1.84. The molecule has 3 rings (SSSR count). The van der Waals surface area contributed by atoms with Gasteiger partial charge in [-0.05, 0) is 43.2 Å². The molecular formula is C17H18ClN3. The van der Waals surface area contributed by atoms with E-state index in [-0.39, 0.29) is 0 Å². The summed E-state index contributed by atoms with van der Waals surface area (Å²) in [5, 5.41) is 0.764. The van der Waals surface area contributed by atoms with Crippen LogP contribution in [0.15, 0.2) is 42.5 Å². The number of nitrogens with zero attached hydrogens (tertiary/aromatic N) is 2. The third kappa shape index (κ3) is 2.74. The zero-order valence-corrected chi connectivity index (χ0v) is 12.8. The van der Waals surface area contributed by atoms with Crippen LogP contribution in [-0.4, -0.2) is 9.55 Å². The van der Waals surface area contributed by atoms with E-state index in [0.29, 0.717) is 0 Å². The first kappa shape index (κ1) is 14.0. The number of anilines is 1. The number of nitrogens with two attached hydrogens (primary N) is 1. The van der Waals surface area contributed by atoms with E-state index < -0.39 is 0 Å².